The number of nitrogens with zero attached hydrogens (tertiary/aromatic N) is 2. The Bertz CT molecular complexity index is 3200. The van der Waals surface area contributed by atoms with E-state index in [0.29, 0.717) is 0 Å². The summed E-state index contributed by atoms with van der Waals surface area (Å²) in [6.07, 6.45) is 0. The second kappa shape index (κ2) is 9.06. The Kier molecular flexibility index (Phi) is 4.72. The number of benzene rings is 8. The molecule has 3 nitrogen and oxygen atoms in total. The Balaban J connectivity index is 1.28. The molecule has 0 fully saturated rings. The third-order valence-electron chi connectivity index (χ3n) is 10.8. The van der Waals surface area contributed by atoms with Crippen molar-refractivity contribution in [1.82, 2.24) is 9.13 Å². The first-order chi connectivity index (χ1) is 24.3. The van der Waals surface area contributed by atoms with Gasteiger partial charge in [-0.05, 0) is 75.5 Å². The predicted molar refractivity (Wildman–Crippen MR) is 204 cm³/mol. The summed E-state index contributed by atoms with van der Waals surface area (Å²) in [6, 6.07) is 57.5. The lowest BCUT2D eigenvalue weighted by Crippen LogP contribution is -1.99. The van der Waals surface area contributed by atoms with Gasteiger partial charge in [-0.25, -0.2) is 0 Å². The highest BCUT2D eigenvalue weighted by molar-refractivity contribution is 6.28. The second-order valence-electron chi connectivity index (χ2n) is 13.3. The van der Waals surface area contributed by atoms with Gasteiger partial charge in [0.1, 0.15) is 5.58 Å². The van der Waals surface area contributed by atoms with E-state index >= 15 is 0 Å². The minimum atomic E-state index is 0.906. The molecule has 1 aliphatic carbocycles. The summed E-state index contributed by atoms with van der Waals surface area (Å²) in [4.78, 5) is 0. The van der Waals surface area contributed by atoms with Gasteiger partial charge in [-0.2, -0.15) is 0 Å². The normalized spacial score (nSPS) is 12.5. The van der Waals surface area contributed by atoms with Crippen LogP contribution in [0.3, 0.4) is 0 Å². The molecule has 0 spiro atoms. The highest BCUT2D eigenvalue weighted by Gasteiger charge is 2.26. The van der Waals surface area contributed by atoms with Crippen molar-refractivity contribution in [3.63, 3.8) is 0 Å². The van der Waals surface area contributed by atoms with Crippen LogP contribution in [0.2, 0.25) is 0 Å². The van der Waals surface area contributed by atoms with E-state index in [0.717, 1.165) is 38.8 Å². The maximum absolute atomic E-state index is 6.72. The minimum Gasteiger partial charge on any atom is -0.454 e. The highest BCUT2D eigenvalue weighted by Crippen LogP contribution is 2.49. The van der Waals surface area contributed by atoms with Crippen LogP contribution in [0, 0.1) is 0 Å². The van der Waals surface area contributed by atoms with Crippen molar-refractivity contribution < 1.29 is 4.42 Å². The van der Waals surface area contributed by atoms with Gasteiger partial charge in [0.15, 0.2) is 5.58 Å². The molecule has 0 saturated carbocycles. The van der Waals surface area contributed by atoms with Gasteiger partial charge in [-0.1, -0.05) is 115 Å². The molecule has 12 rings (SSSR count). The summed E-state index contributed by atoms with van der Waals surface area (Å²) in [7, 11) is 0. The average molecular weight is 623 g/mol. The Hall–Kier alpha value is -6.58. The van der Waals surface area contributed by atoms with Gasteiger partial charge < -0.3 is 13.6 Å². The van der Waals surface area contributed by atoms with Crippen LogP contribution >= 0.6 is 0 Å². The molecule has 0 unspecified atom stereocenters. The van der Waals surface area contributed by atoms with Gasteiger partial charge in [0.05, 0.1) is 22.1 Å². The molecule has 0 saturated heterocycles. The zero-order chi connectivity index (χ0) is 31.8. The van der Waals surface area contributed by atoms with Crippen LogP contribution in [0.4, 0.5) is 0 Å². The summed E-state index contributed by atoms with van der Waals surface area (Å²) < 4.78 is 11.7. The Labute approximate surface area is 280 Å². The predicted octanol–water partition coefficient (Wildman–Crippen LogP) is 12.6. The van der Waals surface area contributed by atoms with Gasteiger partial charge >= 0.3 is 0 Å². The van der Waals surface area contributed by atoms with Crippen molar-refractivity contribution in [3.8, 4) is 33.6 Å². The number of hydrogen-bond acceptors (Lipinski definition) is 1. The zero-order valence-electron chi connectivity index (χ0n) is 26.3. The topological polar surface area (TPSA) is 23.0 Å². The van der Waals surface area contributed by atoms with E-state index in [1.165, 1.54) is 71.1 Å². The van der Waals surface area contributed by atoms with E-state index < -0.39 is 0 Å². The molecular formula is C46H26N2O. The smallest absolute Gasteiger partial charge is 0.160 e. The van der Waals surface area contributed by atoms with Crippen LogP contribution < -0.4 is 0 Å². The van der Waals surface area contributed by atoms with Crippen molar-refractivity contribution in [2.45, 2.75) is 0 Å². The number of fused-ring (bicyclic) bond motifs is 14. The fraction of sp³-hybridized carbons (Fsp3) is 0. The fourth-order valence-corrected chi connectivity index (χ4v) is 8.83. The molecule has 1 aliphatic rings. The Morgan fingerprint density at radius 1 is 0.367 bits per heavy atom. The van der Waals surface area contributed by atoms with Crippen molar-refractivity contribution in [1.29, 1.82) is 0 Å². The molecule has 49 heavy (non-hydrogen) atoms. The van der Waals surface area contributed by atoms with Crippen LogP contribution in [-0.2, 0) is 0 Å². The van der Waals surface area contributed by atoms with Crippen LogP contribution in [0.1, 0.15) is 0 Å². The Morgan fingerprint density at radius 2 is 1.02 bits per heavy atom. The number of furan rings is 1. The van der Waals surface area contributed by atoms with E-state index in [1.807, 2.05) is 6.07 Å². The zero-order valence-corrected chi connectivity index (χ0v) is 26.3. The van der Waals surface area contributed by atoms with Gasteiger partial charge in [0.25, 0.3) is 0 Å². The SMILES string of the molecule is c1ccc(-n2c3c(ccc4c5ccccc5oc43)c3ccc4c5ccccc5n(-c5ccc6c(c5)-c5cccc7cccc-6c57)c4c32)cc1. The average Bonchev–Trinajstić information content (AvgIpc) is 3.89. The quantitative estimate of drug-likeness (QED) is 0.188. The Morgan fingerprint density at radius 3 is 1.86 bits per heavy atom. The molecule has 3 heterocycles. The maximum atomic E-state index is 6.72. The van der Waals surface area contributed by atoms with E-state index in [-0.39, 0.29) is 0 Å². The molecule has 0 amide bonds. The van der Waals surface area contributed by atoms with E-state index in [9.17, 15) is 0 Å². The summed E-state index contributed by atoms with van der Waals surface area (Å²) >= 11 is 0. The molecule has 226 valence electrons. The lowest BCUT2D eigenvalue weighted by Gasteiger charge is -2.14. The first kappa shape index (κ1) is 25.5. The van der Waals surface area contributed by atoms with E-state index in [2.05, 4.69) is 161 Å². The molecule has 0 bridgehead atoms. The van der Waals surface area contributed by atoms with Gasteiger partial charge in [0.2, 0.25) is 0 Å². The molecule has 11 aromatic rings. The first-order valence-corrected chi connectivity index (χ1v) is 16.9. The summed E-state index contributed by atoms with van der Waals surface area (Å²) in [5.74, 6) is 0. The van der Waals surface area contributed by atoms with Gasteiger partial charge in [0, 0.05) is 43.7 Å². The molecule has 0 N–H and O–H groups in total. The summed E-state index contributed by atoms with van der Waals surface area (Å²) in [6.45, 7) is 0. The number of hydrogen-bond donors (Lipinski definition) is 0. The van der Waals surface area contributed by atoms with E-state index in [4.69, 9.17) is 4.42 Å². The molecular weight excluding hydrogens is 597 g/mol. The molecule has 0 atom stereocenters. The second-order valence-corrected chi connectivity index (χ2v) is 13.3. The van der Waals surface area contributed by atoms with Crippen LogP contribution in [0.25, 0.3) is 110 Å². The largest absolute Gasteiger partial charge is 0.454 e. The van der Waals surface area contributed by atoms with Gasteiger partial charge in [-0.3, -0.25) is 0 Å². The lowest BCUT2D eigenvalue weighted by atomic mass is 10.0. The standard InChI is InChI=1S/C46H26N2O/c1-2-12-28(13-3-1)48-44-36(37-24-25-38-32-15-5-7-19-41(32)49-46(38)45(37)48)23-22-35-31-14-4-6-18-40(31)47(43(35)44)29-20-21-30-33-16-8-10-27-11-9-17-34(42(27)33)39(30)26-29/h1-26H. The van der Waals surface area contributed by atoms with Crippen LogP contribution in [-0.4, -0.2) is 9.13 Å². The van der Waals surface area contributed by atoms with Crippen LogP contribution in [0.5, 0.6) is 0 Å². The van der Waals surface area contributed by atoms with Crippen molar-refractivity contribution in [2.24, 2.45) is 0 Å². The lowest BCUT2D eigenvalue weighted by molar-refractivity contribution is 0.671. The van der Waals surface area contributed by atoms with Gasteiger partial charge in [-0.15, -0.1) is 0 Å². The van der Waals surface area contributed by atoms with Crippen molar-refractivity contribution in [2.75, 3.05) is 0 Å². The molecule has 0 radical (unpaired) electrons. The minimum absolute atomic E-state index is 0.906. The molecule has 3 heteroatoms. The molecule has 3 aromatic heterocycles. The molecule has 0 aliphatic heterocycles. The molecule has 8 aromatic carbocycles. The number of rotatable bonds is 2. The fourth-order valence-electron chi connectivity index (χ4n) is 8.83. The van der Waals surface area contributed by atoms with Crippen LogP contribution in [0.15, 0.2) is 162 Å². The highest BCUT2D eigenvalue weighted by atomic mass is 16.3. The maximum Gasteiger partial charge on any atom is 0.160 e. The third-order valence-corrected chi connectivity index (χ3v) is 10.8. The monoisotopic (exact) mass is 622 g/mol. The summed E-state index contributed by atoms with van der Waals surface area (Å²) in [5.41, 5.74) is 13.9. The first-order valence-electron chi connectivity index (χ1n) is 16.9. The van der Waals surface area contributed by atoms with E-state index in [1.54, 1.807) is 0 Å². The summed E-state index contributed by atoms with van der Waals surface area (Å²) in [5, 5.41) is 9.76. The van der Waals surface area contributed by atoms with Crippen molar-refractivity contribution in [3.05, 3.63) is 158 Å². The van der Waals surface area contributed by atoms with Crippen molar-refractivity contribution >= 4 is 76.3 Å². The third kappa shape index (κ3) is 3.17. The number of aromatic nitrogens is 2. The number of para-hydroxylation sites is 3.